The molecule has 0 aliphatic carbocycles. The smallest absolute Gasteiger partial charge is 0.206 e. The molecule has 4 nitrogen and oxygen atoms in total. The fraction of sp³-hybridized carbons (Fsp3) is 0.333. The van der Waals surface area contributed by atoms with Gasteiger partial charge in [0.25, 0.3) is 0 Å². The van der Waals surface area contributed by atoms with Crippen LogP contribution in [0.3, 0.4) is 0 Å². The zero-order chi connectivity index (χ0) is 26.8. The number of aliphatic imine (C=N–C) groups is 1. The minimum absolute atomic E-state index is 0.377. The molecule has 0 radical (unpaired) electrons. The lowest BCUT2D eigenvalue weighted by Crippen LogP contribution is -2.48. The number of aromatic nitrogens is 1. The van der Waals surface area contributed by atoms with E-state index < -0.39 is 0 Å². The summed E-state index contributed by atoms with van der Waals surface area (Å²) >= 11 is 0. The molecule has 0 amide bonds. The molecule has 2 aromatic rings. The predicted octanol–water partition coefficient (Wildman–Crippen LogP) is 6.15. The maximum atomic E-state index is 5.07. The summed E-state index contributed by atoms with van der Waals surface area (Å²) < 4.78 is 0. The molecule has 4 heteroatoms. The highest BCUT2D eigenvalue weighted by molar-refractivity contribution is 5.91. The Balaban J connectivity index is 0.00000186. The van der Waals surface area contributed by atoms with Crippen molar-refractivity contribution in [3.8, 4) is 0 Å². The average molecular weight is 495 g/mol. The quantitative estimate of drug-likeness (QED) is 0.483. The fourth-order valence-electron chi connectivity index (χ4n) is 5.00. The molecule has 0 bridgehead atoms. The minimum Gasteiger partial charge on any atom is -0.342 e. The molecule has 1 aromatic carbocycles. The van der Waals surface area contributed by atoms with E-state index in [1.165, 1.54) is 21.6 Å². The summed E-state index contributed by atoms with van der Waals surface area (Å²) in [5.74, 6) is 1.33. The number of hydrogen-bond donors (Lipinski definition) is 0. The standard InChI is InChI=1S/C31H36N4.C2H6/c1-6-11-25-13-8-9-15-29(25)28(12-7-2)24(4)27-14-10-20-35(22-27)31-33-30(21-23(3)34(31)5)26-16-18-32-19-17-26;1-2/h6,8-9,11,13,15-19,21,27H,1,3-4,7,10,12,14,20,22H2,2,5H3;1-2H3/b25-11-,29-28+;. The number of piperidine rings is 1. The third-order valence-electron chi connectivity index (χ3n) is 6.90. The van der Waals surface area contributed by atoms with Gasteiger partial charge in [-0.2, -0.15) is 0 Å². The monoisotopic (exact) mass is 494 g/mol. The predicted molar refractivity (Wildman–Crippen MR) is 160 cm³/mol. The highest BCUT2D eigenvalue weighted by Crippen LogP contribution is 2.32. The van der Waals surface area contributed by atoms with E-state index in [9.17, 15) is 0 Å². The van der Waals surface area contributed by atoms with Crippen molar-refractivity contribution in [1.29, 1.82) is 0 Å². The highest BCUT2D eigenvalue weighted by Gasteiger charge is 2.29. The molecule has 194 valence electrons. The van der Waals surface area contributed by atoms with Crippen molar-refractivity contribution in [3.05, 3.63) is 108 Å². The van der Waals surface area contributed by atoms with Gasteiger partial charge >= 0.3 is 0 Å². The van der Waals surface area contributed by atoms with Crippen LogP contribution in [0.15, 0.2) is 96.9 Å². The maximum Gasteiger partial charge on any atom is 0.206 e. The number of nitrogens with zero attached hydrogens (tertiary/aromatic N) is 4. The summed E-state index contributed by atoms with van der Waals surface area (Å²) in [4.78, 5) is 13.7. The van der Waals surface area contributed by atoms with Gasteiger partial charge in [0.15, 0.2) is 0 Å². The number of hydrogen-bond acceptors (Lipinski definition) is 4. The molecule has 1 saturated heterocycles. The van der Waals surface area contributed by atoms with Gasteiger partial charge < -0.3 is 9.80 Å². The van der Waals surface area contributed by atoms with Crippen LogP contribution in [0.2, 0.25) is 0 Å². The highest BCUT2D eigenvalue weighted by atomic mass is 15.4. The van der Waals surface area contributed by atoms with E-state index in [2.05, 4.69) is 78.8 Å². The first-order chi connectivity index (χ1) is 18.0. The SMILES string of the molecule is C=C/C=c1/cccc/c1=C(/CCC)C(=C)C1CCCN(C2=NC(c3ccncc3)=CC(=C)N2C)C1.CC. The van der Waals surface area contributed by atoms with Gasteiger partial charge in [-0.3, -0.25) is 4.98 Å². The molecule has 1 unspecified atom stereocenters. The first kappa shape index (κ1) is 27.9. The van der Waals surface area contributed by atoms with Gasteiger partial charge in [0, 0.05) is 49.7 Å². The van der Waals surface area contributed by atoms with Crippen LogP contribution in [0.4, 0.5) is 0 Å². The Kier molecular flexibility index (Phi) is 10.3. The third-order valence-corrected chi connectivity index (χ3v) is 6.90. The van der Waals surface area contributed by atoms with Crippen LogP contribution >= 0.6 is 0 Å². The minimum atomic E-state index is 0.377. The second kappa shape index (κ2) is 13.6. The lowest BCUT2D eigenvalue weighted by molar-refractivity contribution is 0.265. The third kappa shape index (κ3) is 6.56. The van der Waals surface area contributed by atoms with Gasteiger partial charge in [0.2, 0.25) is 5.96 Å². The van der Waals surface area contributed by atoms with Gasteiger partial charge in [-0.25, -0.2) is 4.99 Å². The molecular formula is C33H42N4. The molecule has 37 heavy (non-hydrogen) atoms. The van der Waals surface area contributed by atoms with Crippen molar-refractivity contribution in [2.45, 2.75) is 46.5 Å². The zero-order valence-corrected chi connectivity index (χ0v) is 23.1. The van der Waals surface area contributed by atoms with E-state index in [-0.39, 0.29) is 0 Å². The molecule has 0 saturated carbocycles. The summed E-state index contributed by atoms with van der Waals surface area (Å²) in [5, 5.41) is 2.49. The van der Waals surface area contributed by atoms with Crippen LogP contribution in [0.5, 0.6) is 0 Å². The van der Waals surface area contributed by atoms with Crippen LogP contribution in [-0.2, 0) is 0 Å². The lowest BCUT2D eigenvalue weighted by atomic mass is 9.84. The van der Waals surface area contributed by atoms with Gasteiger partial charge in [-0.1, -0.05) is 83.3 Å². The zero-order valence-electron chi connectivity index (χ0n) is 23.1. The molecule has 0 N–H and O–H groups in total. The molecule has 4 rings (SSSR count). The first-order valence-corrected chi connectivity index (χ1v) is 13.5. The first-order valence-electron chi connectivity index (χ1n) is 13.5. The summed E-state index contributed by atoms with van der Waals surface area (Å²) in [6.45, 7) is 21.0. The van der Waals surface area contributed by atoms with Gasteiger partial charge in [-0.15, -0.1) is 0 Å². The van der Waals surface area contributed by atoms with Crippen molar-refractivity contribution in [2.24, 2.45) is 10.9 Å². The molecule has 0 spiro atoms. The van der Waals surface area contributed by atoms with Gasteiger partial charge in [-0.05, 0) is 59.1 Å². The Morgan fingerprint density at radius 1 is 1.14 bits per heavy atom. The molecule has 1 aromatic heterocycles. The Bertz CT molecular complexity index is 1280. The molecule has 2 aliphatic heterocycles. The Hall–Kier alpha value is -3.66. The van der Waals surface area contributed by atoms with E-state index in [4.69, 9.17) is 4.99 Å². The number of allylic oxidation sites excluding steroid dienone is 2. The molecule has 3 heterocycles. The number of likely N-dealkylation sites (N-methyl/N-ethyl adjacent to an activating group) is 1. The second-order valence-electron chi connectivity index (χ2n) is 9.26. The van der Waals surface area contributed by atoms with E-state index in [1.54, 1.807) is 12.4 Å². The Morgan fingerprint density at radius 2 is 1.86 bits per heavy atom. The topological polar surface area (TPSA) is 31.7 Å². The number of likely N-dealkylation sites (tertiary alicyclic amines) is 1. The van der Waals surface area contributed by atoms with Crippen molar-refractivity contribution in [1.82, 2.24) is 14.8 Å². The average Bonchev–Trinajstić information content (AvgIpc) is 2.95. The molecule has 2 aliphatic rings. The molecule has 1 atom stereocenters. The Labute approximate surface area is 223 Å². The van der Waals surface area contributed by atoms with Crippen LogP contribution in [0, 0.1) is 5.92 Å². The second-order valence-corrected chi connectivity index (χ2v) is 9.26. The van der Waals surface area contributed by atoms with Gasteiger partial charge in [0.05, 0.1) is 5.70 Å². The summed E-state index contributed by atoms with van der Waals surface area (Å²) in [6, 6.07) is 12.6. The van der Waals surface area contributed by atoms with E-state index >= 15 is 0 Å². The van der Waals surface area contributed by atoms with E-state index in [0.717, 1.165) is 61.7 Å². The Morgan fingerprint density at radius 3 is 2.57 bits per heavy atom. The maximum absolute atomic E-state index is 5.07. The summed E-state index contributed by atoms with van der Waals surface area (Å²) in [6.07, 6.45) is 14.0. The van der Waals surface area contributed by atoms with Crippen LogP contribution in [-0.4, -0.2) is 40.9 Å². The fourth-order valence-corrected chi connectivity index (χ4v) is 5.00. The largest absolute Gasteiger partial charge is 0.342 e. The van der Waals surface area contributed by atoms with Crippen LogP contribution < -0.4 is 10.4 Å². The van der Waals surface area contributed by atoms with Crippen molar-refractivity contribution >= 4 is 23.3 Å². The summed E-state index contributed by atoms with van der Waals surface area (Å²) in [5.41, 5.74) is 5.55. The van der Waals surface area contributed by atoms with Crippen molar-refractivity contribution in [2.75, 3.05) is 20.1 Å². The number of rotatable bonds is 6. The van der Waals surface area contributed by atoms with Crippen molar-refractivity contribution in [3.63, 3.8) is 0 Å². The van der Waals surface area contributed by atoms with E-state index in [1.807, 2.05) is 38.1 Å². The lowest BCUT2D eigenvalue weighted by Gasteiger charge is -2.40. The van der Waals surface area contributed by atoms with Gasteiger partial charge in [0.1, 0.15) is 0 Å². The number of pyridine rings is 1. The van der Waals surface area contributed by atoms with Crippen LogP contribution in [0.1, 0.15) is 52.0 Å². The molecular weight excluding hydrogens is 452 g/mol. The number of guanidine groups is 1. The molecule has 1 fully saturated rings. The number of benzene rings is 1. The van der Waals surface area contributed by atoms with E-state index in [0.29, 0.717) is 5.92 Å². The summed E-state index contributed by atoms with van der Waals surface area (Å²) in [7, 11) is 2.05. The normalized spacial score (nSPS) is 18.9. The van der Waals surface area contributed by atoms with Crippen molar-refractivity contribution < 1.29 is 0 Å². The van der Waals surface area contributed by atoms with Crippen LogP contribution in [0.25, 0.3) is 17.3 Å².